The molecular weight excluding hydrogens is 921 g/mol. The number of carbonyl (C=O) groups excluding carboxylic acids is 5. The molecule has 4 fully saturated rings. The van der Waals surface area contributed by atoms with Gasteiger partial charge in [-0.1, -0.05) is 63.9 Å². The predicted octanol–water partition coefficient (Wildman–Crippen LogP) is 6.71. The Morgan fingerprint density at radius 3 is 2.47 bits per heavy atom. The number of aryl methyl sites for hydroxylation is 1. The van der Waals surface area contributed by atoms with Gasteiger partial charge >= 0.3 is 5.97 Å². The summed E-state index contributed by atoms with van der Waals surface area (Å²) >= 11 is 0. The number of carbonyl (C=O) groups is 5. The maximum absolute atomic E-state index is 14.9. The topological polar surface area (TPSA) is 159 Å². The molecule has 5 aliphatic heterocycles. The third-order valence-corrected chi connectivity index (χ3v) is 16.2. The van der Waals surface area contributed by atoms with Gasteiger partial charge in [0.05, 0.1) is 35.1 Å². The number of nitrogens with one attached hydrogen (secondary N) is 2. The molecule has 2 aromatic carbocycles. The van der Waals surface area contributed by atoms with E-state index in [0.29, 0.717) is 58.3 Å². The fourth-order valence-corrected chi connectivity index (χ4v) is 11.8. The van der Waals surface area contributed by atoms with Crippen molar-refractivity contribution in [1.82, 2.24) is 40.0 Å². The lowest BCUT2D eigenvalue weighted by Crippen LogP contribution is -2.62. The molecule has 6 bridgehead atoms. The van der Waals surface area contributed by atoms with Crippen molar-refractivity contribution in [2.45, 2.75) is 137 Å². The molecule has 2 aromatic heterocycles. The van der Waals surface area contributed by atoms with E-state index in [4.69, 9.17) is 14.5 Å². The largest absolute Gasteiger partial charge is 0.464 e. The lowest BCUT2D eigenvalue weighted by Gasteiger charge is -2.41. The van der Waals surface area contributed by atoms with Gasteiger partial charge in [0, 0.05) is 87.4 Å². The first kappa shape index (κ1) is 51.8. The van der Waals surface area contributed by atoms with Crippen LogP contribution in [0.15, 0.2) is 60.8 Å². The van der Waals surface area contributed by atoms with Gasteiger partial charge in [0.2, 0.25) is 11.8 Å². The van der Waals surface area contributed by atoms with Gasteiger partial charge in [-0.25, -0.2) is 5.43 Å². The average Bonchev–Trinajstić information content (AvgIpc) is 4.03. The highest BCUT2D eigenvalue weighted by molar-refractivity contribution is 5.98. The molecule has 15 heteroatoms. The van der Waals surface area contributed by atoms with Gasteiger partial charge in [-0.2, -0.15) is 0 Å². The van der Waals surface area contributed by atoms with Crippen molar-refractivity contribution in [3.8, 4) is 34.2 Å². The van der Waals surface area contributed by atoms with E-state index in [9.17, 15) is 24.0 Å². The normalized spacial score (nSPS) is 23.5. The van der Waals surface area contributed by atoms with E-state index in [1.54, 1.807) is 23.1 Å². The van der Waals surface area contributed by atoms with Crippen LogP contribution in [0.1, 0.15) is 110 Å². The summed E-state index contributed by atoms with van der Waals surface area (Å²) in [4.78, 5) is 82.3. The van der Waals surface area contributed by atoms with Crippen LogP contribution in [0.2, 0.25) is 0 Å². The first-order chi connectivity index (χ1) is 34.8. The monoisotopic (exact) mass is 995 g/mol. The average molecular weight is 995 g/mol. The van der Waals surface area contributed by atoms with Crippen molar-refractivity contribution in [3.63, 3.8) is 0 Å². The van der Waals surface area contributed by atoms with Crippen LogP contribution in [0.5, 0.6) is 0 Å². The van der Waals surface area contributed by atoms with Crippen LogP contribution in [-0.4, -0.2) is 136 Å². The van der Waals surface area contributed by atoms with E-state index < -0.39 is 46.4 Å². The Hall–Kier alpha value is -6.08. The first-order valence-electron chi connectivity index (χ1n) is 26.5. The summed E-state index contributed by atoms with van der Waals surface area (Å²) in [5, 5.41) is 5.68. The molecule has 4 saturated heterocycles. The standard InChI is InChI=1S/C58H74N8O7/c1-10-64-47-20-19-41-33-43(47)44(51(64)42-17-12-25-59-49(42)38(4)72-9)34-56(5,6)36-73-54(70)45-18-13-28-66(61-45)53(69)46(32-39-15-11-16-40(41)31-39)60-52(68)50(37(2)3)65-30-24-58(55(65)71)23-29-62(35-58)48(67)21-22-57(7,8)63-26-14-27-63/h11-12,15-17,19-20,25,31,33,37-38,45-46,50,61H,10,13-14,18,23-24,26-30,32,34-36H2,1-9H3,(H,60,68)/t38-,45-,46-,50?,58-/m0/s1. The lowest BCUT2D eigenvalue weighted by atomic mass is 9.84. The molecule has 388 valence electrons. The number of hydrogen-bond donors (Lipinski definition) is 2. The van der Waals surface area contributed by atoms with Crippen molar-refractivity contribution >= 4 is 40.5 Å². The van der Waals surface area contributed by atoms with Gasteiger partial charge in [-0.3, -0.25) is 38.9 Å². The summed E-state index contributed by atoms with van der Waals surface area (Å²) in [7, 11) is 1.69. The maximum Gasteiger partial charge on any atom is 0.324 e. The van der Waals surface area contributed by atoms with E-state index in [-0.39, 0.29) is 49.3 Å². The van der Waals surface area contributed by atoms with E-state index >= 15 is 0 Å². The van der Waals surface area contributed by atoms with Crippen LogP contribution in [0.3, 0.4) is 0 Å². The van der Waals surface area contributed by atoms with Crippen LogP contribution in [0.4, 0.5) is 0 Å². The molecule has 2 N–H and O–H groups in total. The summed E-state index contributed by atoms with van der Waals surface area (Å²) in [6, 6.07) is 16.0. The SMILES string of the molecule is CCn1c(-c2cccnc2[C@H](C)OC)c2c3cc(ccc31)-c1cccc(c1)C[C@H](NC(=O)C(C(C)C)N1CC[C@]3(CCN(C(=O)C#CC(C)(C)N4CCC4)C3)C1=O)C(=O)N1CCC[C@H](N1)C(=O)OCC(C)(C)C2. The third kappa shape index (κ3) is 10.3. The molecule has 15 nitrogen and oxygen atoms in total. The Labute approximate surface area is 430 Å². The quantitative estimate of drug-likeness (QED) is 0.137. The molecule has 0 radical (unpaired) electrons. The summed E-state index contributed by atoms with van der Waals surface area (Å²) in [6.45, 7) is 20.4. The second kappa shape index (κ2) is 20.7. The molecule has 0 aliphatic carbocycles. The zero-order valence-corrected chi connectivity index (χ0v) is 44.3. The molecule has 5 aliphatic rings. The number of amides is 4. The number of likely N-dealkylation sites (tertiary alicyclic amines) is 3. The Bertz CT molecular complexity index is 2860. The van der Waals surface area contributed by atoms with Crippen LogP contribution >= 0.6 is 0 Å². The number of aromatic nitrogens is 2. The minimum atomic E-state index is -1.05. The number of nitrogens with zero attached hydrogens (tertiary/aromatic N) is 6. The number of cyclic esters (lactones) is 1. The van der Waals surface area contributed by atoms with Crippen molar-refractivity contribution in [2.75, 3.05) is 53.0 Å². The Balaban J connectivity index is 1.03. The molecule has 4 aromatic rings. The van der Waals surface area contributed by atoms with Crippen molar-refractivity contribution in [3.05, 3.63) is 77.6 Å². The number of hydrazine groups is 1. The Morgan fingerprint density at radius 1 is 0.973 bits per heavy atom. The van der Waals surface area contributed by atoms with Gasteiger partial charge in [-0.15, -0.1) is 0 Å². The maximum atomic E-state index is 14.9. The molecule has 1 spiro atoms. The predicted molar refractivity (Wildman–Crippen MR) is 280 cm³/mol. The summed E-state index contributed by atoms with van der Waals surface area (Å²) in [6.07, 6.45) is 5.44. The fraction of sp³-hybridized carbons (Fsp3) is 0.552. The van der Waals surface area contributed by atoms with Gasteiger partial charge in [0.15, 0.2) is 0 Å². The zero-order chi connectivity index (χ0) is 52.0. The highest BCUT2D eigenvalue weighted by Gasteiger charge is 2.54. The molecule has 5 atom stereocenters. The number of benzene rings is 2. The third-order valence-electron chi connectivity index (χ3n) is 16.2. The van der Waals surface area contributed by atoms with Crippen molar-refractivity contribution in [1.29, 1.82) is 0 Å². The van der Waals surface area contributed by atoms with Crippen molar-refractivity contribution < 1.29 is 33.4 Å². The minimum absolute atomic E-state index is 0.137. The number of ether oxygens (including phenoxy) is 2. The first-order valence-corrected chi connectivity index (χ1v) is 26.5. The smallest absolute Gasteiger partial charge is 0.324 e. The van der Waals surface area contributed by atoms with Crippen LogP contribution in [-0.2, 0) is 52.8 Å². The van der Waals surface area contributed by atoms with Gasteiger partial charge < -0.3 is 29.2 Å². The molecule has 0 saturated carbocycles. The summed E-state index contributed by atoms with van der Waals surface area (Å²) < 4.78 is 14.3. The molecule has 9 rings (SSSR count). The van der Waals surface area contributed by atoms with E-state index in [0.717, 1.165) is 69.6 Å². The Morgan fingerprint density at radius 2 is 1.74 bits per heavy atom. The second-order valence-electron chi connectivity index (χ2n) is 22.7. The van der Waals surface area contributed by atoms with E-state index in [1.165, 1.54) is 5.01 Å². The number of rotatable bonds is 9. The summed E-state index contributed by atoms with van der Waals surface area (Å²) in [5.41, 5.74) is 9.32. The van der Waals surface area contributed by atoms with Crippen LogP contribution in [0, 0.1) is 28.6 Å². The van der Waals surface area contributed by atoms with Gasteiger partial charge in [0.25, 0.3) is 11.8 Å². The number of hydrogen-bond acceptors (Lipinski definition) is 10. The van der Waals surface area contributed by atoms with Gasteiger partial charge in [-0.05, 0) is 125 Å². The number of esters is 1. The van der Waals surface area contributed by atoms with E-state index in [2.05, 4.69) is 89.2 Å². The van der Waals surface area contributed by atoms with Crippen LogP contribution < -0.4 is 10.7 Å². The lowest BCUT2D eigenvalue weighted by molar-refractivity contribution is -0.155. The Kier molecular flexibility index (Phi) is 14.7. The van der Waals surface area contributed by atoms with Gasteiger partial charge in [0.1, 0.15) is 18.1 Å². The molecular formula is C58H74N8O7. The van der Waals surface area contributed by atoms with E-state index in [1.807, 2.05) is 52.8 Å². The van der Waals surface area contributed by atoms with Crippen LogP contribution in [0.25, 0.3) is 33.3 Å². The van der Waals surface area contributed by atoms with Crippen molar-refractivity contribution in [2.24, 2.45) is 16.7 Å². The number of fused-ring (bicyclic) bond motifs is 6. The highest BCUT2D eigenvalue weighted by Crippen LogP contribution is 2.44. The highest BCUT2D eigenvalue weighted by atomic mass is 16.5. The zero-order valence-electron chi connectivity index (χ0n) is 44.3. The number of methoxy groups -OCH3 is 1. The second-order valence-corrected chi connectivity index (χ2v) is 22.7. The minimum Gasteiger partial charge on any atom is -0.464 e. The molecule has 4 amide bonds. The summed E-state index contributed by atoms with van der Waals surface area (Å²) in [5.74, 6) is 4.07. The number of pyridine rings is 1. The molecule has 7 heterocycles. The fourth-order valence-electron chi connectivity index (χ4n) is 11.8. The molecule has 73 heavy (non-hydrogen) atoms. The molecule has 1 unspecified atom stereocenters.